The summed E-state index contributed by atoms with van der Waals surface area (Å²) in [5.41, 5.74) is 0.861. The Morgan fingerprint density at radius 3 is 2.77 bits per heavy atom. The molecule has 0 bridgehead atoms. The van der Waals surface area contributed by atoms with E-state index >= 15 is 0 Å². The molecule has 0 amide bonds. The van der Waals surface area contributed by atoms with Crippen molar-refractivity contribution in [3.05, 3.63) is 34.9 Å². The van der Waals surface area contributed by atoms with Gasteiger partial charge in [0, 0.05) is 38.2 Å². The normalized spacial score (nSPS) is 23.9. The predicted octanol–water partition coefficient (Wildman–Crippen LogP) is 1.87. The van der Waals surface area contributed by atoms with E-state index in [0.717, 1.165) is 18.4 Å². The first-order chi connectivity index (χ1) is 10.5. The van der Waals surface area contributed by atoms with Crippen LogP contribution in [0.25, 0.3) is 0 Å². The minimum absolute atomic E-state index is 0.255. The van der Waals surface area contributed by atoms with Gasteiger partial charge < -0.3 is 5.32 Å². The van der Waals surface area contributed by atoms with Gasteiger partial charge in [-0.25, -0.2) is 0 Å². The van der Waals surface area contributed by atoms with Crippen LogP contribution < -0.4 is 5.32 Å². The van der Waals surface area contributed by atoms with Crippen molar-refractivity contribution in [3.8, 4) is 0 Å². The molecule has 22 heavy (non-hydrogen) atoms. The summed E-state index contributed by atoms with van der Waals surface area (Å²) < 4.78 is 28.9. The van der Waals surface area contributed by atoms with Gasteiger partial charge in [-0.15, -0.1) is 0 Å². The predicted molar refractivity (Wildman–Crippen MR) is 88.0 cm³/mol. The molecule has 1 atom stereocenters. The molecule has 1 N–H and O–H groups in total. The molecule has 1 unspecified atom stereocenters. The van der Waals surface area contributed by atoms with E-state index in [1.165, 1.54) is 4.31 Å². The topological polar surface area (TPSA) is 52.7 Å². The van der Waals surface area contributed by atoms with Crippen molar-refractivity contribution in [3.63, 3.8) is 0 Å². The minimum atomic E-state index is -3.46. The highest BCUT2D eigenvalue weighted by Crippen LogP contribution is 2.33. The molecule has 5 nitrogen and oxygen atoms in total. The molecule has 1 saturated carbocycles. The van der Waals surface area contributed by atoms with Crippen LogP contribution in [-0.2, 0) is 10.2 Å². The van der Waals surface area contributed by atoms with Crippen molar-refractivity contribution in [1.29, 1.82) is 0 Å². The van der Waals surface area contributed by atoms with E-state index in [-0.39, 0.29) is 6.04 Å². The van der Waals surface area contributed by atoms with E-state index in [2.05, 4.69) is 5.32 Å². The molecule has 1 aromatic carbocycles. The Labute approximate surface area is 137 Å². The van der Waals surface area contributed by atoms with E-state index < -0.39 is 10.2 Å². The average molecular weight is 344 g/mol. The fourth-order valence-electron chi connectivity index (χ4n) is 2.91. The van der Waals surface area contributed by atoms with Gasteiger partial charge >= 0.3 is 0 Å². The van der Waals surface area contributed by atoms with Crippen molar-refractivity contribution in [2.24, 2.45) is 5.92 Å². The fraction of sp³-hybridized carbons (Fsp3) is 0.600. The molecule has 1 heterocycles. The molecule has 3 rings (SSSR count). The van der Waals surface area contributed by atoms with Gasteiger partial charge in [0.2, 0.25) is 0 Å². The zero-order chi connectivity index (χ0) is 15.7. The first-order valence-corrected chi connectivity index (χ1v) is 9.46. The maximum Gasteiger partial charge on any atom is 0.282 e. The molecule has 1 aromatic rings. The summed E-state index contributed by atoms with van der Waals surface area (Å²) in [6.45, 7) is 2.33. The van der Waals surface area contributed by atoms with Crippen molar-refractivity contribution >= 4 is 21.8 Å². The van der Waals surface area contributed by atoms with E-state index in [9.17, 15) is 8.42 Å². The molecule has 1 saturated heterocycles. The maximum atomic E-state index is 12.9. The molecule has 7 heteroatoms. The molecule has 1 aliphatic heterocycles. The van der Waals surface area contributed by atoms with Crippen LogP contribution in [0.5, 0.6) is 0 Å². The second-order valence-electron chi connectivity index (χ2n) is 6.08. The third-order valence-electron chi connectivity index (χ3n) is 4.36. The van der Waals surface area contributed by atoms with E-state index in [0.29, 0.717) is 37.1 Å². The van der Waals surface area contributed by atoms with Crippen molar-refractivity contribution < 1.29 is 8.42 Å². The number of hydrogen-bond donors (Lipinski definition) is 1. The minimum Gasteiger partial charge on any atom is -0.313 e. The van der Waals surface area contributed by atoms with Crippen molar-refractivity contribution in [2.75, 3.05) is 33.2 Å². The number of rotatable bonds is 5. The second-order valence-corrected chi connectivity index (χ2v) is 8.48. The second kappa shape index (κ2) is 6.45. The SMILES string of the molecule is CN(CC1CC1)S(=O)(=O)N1CCNCC1c1ccccc1Cl. The number of piperazine rings is 1. The number of nitrogens with one attached hydrogen (secondary N) is 1. The molecule has 1 aliphatic carbocycles. The summed E-state index contributed by atoms with van der Waals surface area (Å²) in [6.07, 6.45) is 2.27. The number of nitrogens with zero attached hydrogens (tertiary/aromatic N) is 2. The summed E-state index contributed by atoms with van der Waals surface area (Å²) in [7, 11) is -1.78. The summed E-state index contributed by atoms with van der Waals surface area (Å²) >= 11 is 6.28. The highest BCUT2D eigenvalue weighted by atomic mass is 35.5. The molecule has 0 aromatic heterocycles. The summed E-state index contributed by atoms with van der Waals surface area (Å²) in [4.78, 5) is 0. The van der Waals surface area contributed by atoms with E-state index in [1.54, 1.807) is 11.4 Å². The largest absolute Gasteiger partial charge is 0.313 e. The molecule has 0 spiro atoms. The molecule has 2 aliphatic rings. The number of benzene rings is 1. The Bertz CT molecular complexity index is 633. The van der Waals surface area contributed by atoms with Crippen molar-refractivity contribution in [2.45, 2.75) is 18.9 Å². The Morgan fingerprint density at radius 1 is 1.36 bits per heavy atom. The highest BCUT2D eigenvalue weighted by Gasteiger charge is 2.38. The van der Waals surface area contributed by atoms with Crippen LogP contribution in [0.2, 0.25) is 5.02 Å². The van der Waals surface area contributed by atoms with Gasteiger partial charge in [0.15, 0.2) is 0 Å². The zero-order valence-electron chi connectivity index (χ0n) is 12.7. The lowest BCUT2D eigenvalue weighted by atomic mass is 10.1. The van der Waals surface area contributed by atoms with Gasteiger partial charge in [-0.1, -0.05) is 29.8 Å². The summed E-state index contributed by atoms with van der Waals surface area (Å²) in [5, 5.41) is 3.88. The van der Waals surface area contributed by atoms with Crippen LogP contribution in [-0.4, -0.2) is 50.3 Å². The van der Waals surface area contributed by atoms with Crippen LogP contribution in [0.4, 0.5) is 0 Å². The molecular formula is C15H22ClN3O2S. The monoisotopic (exact) mass is 343 g/mol. The van der Waals surface area contributed by atoms with Crippen LogP contribution in [0.1, 0.15) is 24.4 Å². The van der Waals surface area contributed by atoms with Gasteiger partial charge in [-0.05, 0) is 30.4 Å². The van der Waals surface area contributed by atoms with Crippen LogP contribution in [0.3, 0.4) is 0 Å². The standard InChI is InChI=1S/C15H22ClN3O2S/c1-18(11-12-6-7-12)22(20,21)19-9-8-17-10-15(19)13-4-2-3-5-14(13)16/h2-5,12,15,17H,6-11H2,1H3. The van der Waals surface area contributed by atoms with Gasteiger partial charge in [0.25, 0.3) is 10.2 Å². The highest BCUT2D eigenvalue weighted by molar-refractivity contribution is 7.86. The van der Waals surface area contributed by atoms with Gasteiger partial charge in [0.1, 0.15) is 0 Å². The first-order valence-electron chi connectivity index (χ1n) is 7.68. The van der Waals surface area contributed by atoms with Crippen LogP contribution >= 0.6 is 11.6 Å². The lowest BCUT2D eigenvalue weighted by Gasteiger charge is -2.38. The smallest absolute Gasteiger partial charge is 0.282 e. The van der Waals surface area contributed by atoms with E-state index in [1.807, 2.05) is 24.3 Å². The van der Waals surface area contributed by atoms with Crippen molar-refractivity contribution in [1.82, 2.24) is 13.9 Å². The number of hydrogen-bond acceptors (Lipinski definition) is 3. The van der Waals surface area contributed by atoms with Crippen LogP contribution in [0, 0.1) is 5.92 Å². The third-order valence-corrected chi connectivity index (χ3v) is 6.67. The first kappa shape index (κ1) is 16.2. The molecule has 122 valence electrons. The van der Waals surface area contributed by atoms with E-state index in [4.69, 9.17) is 11.6 Å². The Balaban J connectivity index is 1.87. The lowest BCUT2D eigenvalue weighted by Crippen LogP contribution is -2.52. The Hall–Kier alpha value is -0.660. The Kier molecular flexibility index (Phi) is 4.75. The summed E-state index contributed by atoms with van der Waals surface area (Å²) in [5.74, 6) is 0.529. The fourth-order valence-corrected chi connectivity index (χ4v) is 4.76. The Morgan fingerprint density at radius 2 is 2.09 bits per heavy atom. The molecular weight excluding hydrogens is 322 g/mol. The molecule has 2 fully saturated rings. The zero-order valence-corrected chi connectivity index (χ0v) is 14.3. The van der Waals surface area contributed by atoms with Gasteiger partial charge in [-0.2, -0.15) is 17.0 Å². The van der Waals surface area contributed by atoms with Gasteiger partial charge in [0.05, 0.1) is 6.04 Å². The lowest BCUT2D eigenvalue weighted by molar-refractivity contribution is 0.251. The molecule has 0 radical (unpaired) electrons. The average Bonchev–Trinajstić information content (AvgIpc) is 3.32. The summed E-state index contributed by atoms with van der Waals surface area (Å²) in [6, 6.07) is 7.22. The third kappa shape index (κ3) is 3.31. The van der Waals surface area contributed by atoms with Crippen LogP contribution in [0.15, 0.2) is 24.3 Å². The number of halogens is 1. The quantitative estimate of drug-likeness (QED) is 0.888. The van der Waals surface area contributed by atoms with Gasteiger partial charge in [-0.3, -0.25) is 0 Å². The maximum absolute atomic E-state index is 12.9.